The van der Waals surface area contributed by atoms with Crippen LogP contribution in [0.2, 0.25) is 0 Å². The summed E-state index contributed by atoms with van der Waals surface area (Å²) in [5.41, 5.74) is 2.08. The van der Waals surface area contributed by atoms with Crippen LogP contribution in [0.3, 0.4) is 0 Å². The Morgan fingerprint density at radius 1 is 1.47 bits per heavy atom. The van der Waals surface area contributed by atoms with E-state index in [2.05, 4.69) is 5.10 Å². The molecule has 1 heterocycles. The van der Waals surface area contributed by atoms with Gasteiger partial charge in [-0.25, -0.2) is 4.39 Å². The number of aromatic nitrogens is 2. The molecular formula is C13H12FN3OS. The van der Waals surface area contributed by atoms with E-state index in [-0.39, 0.29) is 0 Å². The molecule has 0 amide bonds. The van der Waals surface area contributed by atoms with Gasteiger partial charge in [0.1, 0.15) is 10.8 Å². The van der Waals surface area contributed by atoms with E-state index < -0.39 is 5.82 Å². The fourth-order valence-corrected chi connectivity index (χ4v) is 2.37. The number of aryl methyl sites for hydroxylation is 1. The molecule has 1 aromatic carbocycles. The lowest BCUT2D eigenvalue weighted by Crippen LogP contribution is -1.93. The summed E-state index contributed by atoms with van der Waals surface area (Å²) in [5, 5.41) is 13.9. The number of nitrogens with zero attached hydrogens (tertiary/aromatic N) is 3. The van der Waals surface area contributed by atoms with E-state index in [4.69, 9.17) is 9.44 Å². The molecule has 0 aliphatic rings. The van der Waals surface area contributed by atoms with Crippen LogP contribution in [-0.2, 0) is 11.2 Å². The van der Waals surface area contributed by atoms with Crippen molar-refractivity contribution in [1.29, 1.82) is 5.26 Å². The van der Waals surface area contributed by atoms with Gasteiger partial charge in [0.2, 0.25) is 0 Å². The van der Waals surface area contributed by atoms with Gasteiger partial charge in [-0.2, -0.15) is 10.4 Å². The van der Waals surface area contributed by atoms with Gasteiger partial charge in [-0.05, 0) is 25.1 Å². The Morgan fingerprint density at radius 2 is 2.21 bits per heavy atom. The minimum absolute atomic E-state index is 0.293. The first-order valence-electron chi connectivity index (χ1n) is 5.52. The van der Waals surface area contributed by atoms with Crippen LogP contribution in [0.4, 0.5) is 4.39 Å². The van der Waals surface area contributed by atoms with E-state index >= 15 is 0 Å². The van der Waals surface area contributed by atoms with Gasteiger partial charge in [-0.1, -0.05) is 0 Å². The van der Waals surface area contributed by atoms with Crippen molar-refractivity contribution >= 4 is 12.0 Å². The van der Waals surface area contributed by atoms with Crippen molar-refractivity contribution < 1.29 is 8.57 Å². The van der Waals surface area contributed by atoms with Crippen molar-refractivity contribution in [1.82, 2.24) is 9.78 Å². The van der Waals surface area contributed by atoms with Gasteiger partial charge in [-0.15, -0.1) is 0 Å². The minimum Gasteiger partial charge on any atom is -0.312 e. The molecule has 2 rings (SSSR count). The summed E-state index contributed by atoms with van der Waals surface area (Å²) in [5.74, 6) is -0.450. The molecule has 0 spiro atoms. The highest BCUT2D eigenvalue weighted by molar-refractivity contribution is 7.94. The van der Waals surface area contributed by atoms with Crippen molar-refractivity contribution in [2.45, 2.75) is 11.9 Å². The summed E-state index contributed by atoms with van der Waals surface area (Å²) in [7, 11) is 3.35. The van der Waals surface area contributed by atoms with Crippen molar-refractivity contribution in [3.8, 4) is 17.3 Å². The van der Waals surface area contributed by atoms with Gasteiger partial charge < -0.3 is 4.18 Å². The van der Waals surface area contributed by atoms with Crippen molar-refractivity contribution in [2.75, 3.05) is 7.11 Å². The minimum atomic E-state index is -0.450. The fourth-order valence-electron chi connectivity index (χ4n) is 1.84. The number of hydrogen-bond acceptors (Lipinski definition) is 4. The maximum Gasteiger partial charge on any atom is 0.133 e. The zero-order valence-electron chi connectivity index (χ0n) is 10.8. The Kier molecular flexibility index (Phi) is 3.88. The van der Waals surface area contributed by atoms with E-state index in [1.807, 2.05) is 13.0 Å². The summed E-state index contributed by atoms with van der Waals surface area (Å²) in [6, 6.07) is 6.28. The second-order valence-electron chi connectivity index (χ2n) is 3.96. The molecule has 0 fully saturated rings. The quantitative estimate of drug-likeness (QED) is 0.809. The monoisotopic (exact) mass is 277 g/mol. The Labute approximate surface area is 115 Å². The van der Waals surface area contributed by atoms with Crippen LogP contribution >= 0.6 is 12.0 Å². The van der Waals surface area contributed by atoms with Crippen molar-refractivity contribution in [2.24, 2.45) is 7.05 Å². The number of halogens is 1. The number of nitriles is 1. The van der Waals surface area contributed by atoms with Gasteiger partial charge in [0, 0.05) is 30.2 Å². The van der Waals surface area contributed by atoms with E-state index in [1.54, 1.807) is 31.0 Å². The molecule has 0 atom stereocenters. The summed E-state index contributed by atoms with van der Waals surface area (Å²) < 4.78 is 20.7. The number of hydrogen-bond donors (Lipinski definition) is 0. The Balaban J connectivity index is 2.54. The number of rotatable bonds is 3. The van der Waals surface area contributed by atoms with Crippen LogP contribution in [0.5, 0.6) is 0 Å². The third-order valence-corrected chi connectivity index (χ3v) is 3.63. The lowest BCUT2D eigenvalue weighted by atomic mass is 10.1. The molecule has 0 aliphatic heterocycles. The summed E-state index contributed by atoms with van der Waals surface area (Å²) in [4.78, 5) is 0. The highest BCUT2D eigenvalue weighted by atomic mass is 32.2. The average molecular weight is 277 g/mol. The lowest BCUT2D eigenvalue weighted by Gasteiger charge is -2.01. The first-order chi connectivity index (χ1) is 9.08. The molecule has 19 heavy (non-hydrogen) atoms. The molecule has 0 bridgehead atoms. The second-order valence-corrected chi connectivity index (χ2v) is 4.85. The van der Waals surface area contributed by atoms with E-state index in [0.29, 0.717) is 16.8 Å². The topological polar surface area (TPSA) is 50.8 Å². The standard InChI is InChI=1S/C13H12FN3OS/c1-8-12(16-17(2)13(8)19-18-3)10-5-4-9(7-15)6-11(10)14/h4-6H,1-3H3. The third-order valence-electron chi connectivity index (χ3n) is 2.74. The van der Waals surface area contributed by atoms with Crippen LogP contribution in [0.15, 0.2) is 23.2 Å². The molecule has 0 aliphatic carbocycles. The van der Waals surface area contributed by atoms with Crippen LogP contribution in [0.25, 0.3) is 11.3 Å². The maximum absolute atomic E-state index is 14.0. The Bertz CT molecular complexity index is 661. The first-order valence-corrected chi connectivity index (χ1v) is 6.27. The van der Waals surface area contributed by atoms with Crippen molar-refractivity contribution in [3.05, 3.63) is 35.1 Å². The van der Waals surface area contributed by atoms with E-state index in [9.17, 15) is 4.39 Å². The van der Waals surface area contributed by atoms with E-state index in [1.165, 1.54) is 18.1 Å². The molecule has 1 aromatic heterocycles. The zero-order valence-corrected chi connectivity index (χ0v) is 11.6. The van der Waals surface area contributed by atoms with Crippen LogP contribution in [0.1, 0.15) is 11.1 Å². The molecule has 0 saturated heterocycles. The summed E-state index contributed by atoms with van der Waals surface area (Å²) in [6.45, 7) is 1.86. The molecule has 0 saturated carbocycles. The largest absolute Gasteiger partial charge is 0.312 e. The van der Waals surface area contributed by atoms with Crippen LogP contribution in [0, 0.1) is 24.1 Å². The maximum atomic E-state index is 14.0. The summed E-state index contributed by atoms with van der Waals surface area (Å²) >= 11 is 1.18. The highest BCUT2D eigenvalue weighted by Gasteiger charge is 2.17. The molecule has 4 nitrogen and oxygen atoms in total. The smallest absolute Gasteiger partial charge is 0.133 e. The molecule has 6 heteroatoms. The predicted molar refractivity (Wildman–Crippen MR) is 70.9 cm³/mol. The van der Waals surface area contributed by atoms with Gasteiger partial charge in [-0.3, -0.25) is 4.68 Å². The van der Waals surface area contributed by atoms with Crippen molar-refractivity contribution in [3.63, 3.8) is 0 Å². The SMILES string of the molecule is COSc1c(C)c(-c2ccc(C#N)cc2F)nn1C. The Morgan fingerprint density at radius 3 is 2.79 bits per heavy atom. The van der Waals surface area contributed by atoms with Gasteiger partial charge in [0.15, 0.2) is 0 Å². The van der Waals surface area contributed by atoms with Gasteiger partial charge in [0.25, 0.3) is 0 Å². The first kappa shape index (κ1) is 13.6. The van der Waals surface area contributed by atoms with E-state index in [0.717, 1.165) is 10.6 Å². The van der Waals surface area contributed by atoms with Gasteiger partial charge >= 0.3 is 0 Å². The molecular weight excluding hydrogens is 265 g/mol. The zero-order chi connectivity index (χ0) is 14.0. The fraction of sp³-hybridized carbons (Fsp3) is 0.231. The number of benzene rings is 1. The average Bonchev–Trinajstić information content (AvgIpc) is 2.67. The molecule has 2 aromatic rings. The van der Waals surface area contributed by atoms with Crippen LogP contribution in [-0.4, -0.2) is 16.9 Å². The molecule has 98 valence electrons. The highest BCUT2D eigenvalue weighted by Crippen LogP contribution is 2.32. The van der Waals surface area contributed by atoms with Crippen LogP contribution < -0.4 is 0 Å². The normalized spacial score (nSPS) is 10.5. The molecule has 0 unspecified atom stereocenters. The lowest BCUT2D eigenvalue weighted by molar-refractivity contribution is 0.483. The second kappa shape index (κ2) is 5.43. The predicted octanol–water partition coefficient (Wildman–Crippen LogP) is 3.06. The molecule has 0 radical (unpaired) electrons. The summed E-state index contributed by atoms with van der Waals surface area (Å²) in [6.07, 6.45) is 0. The molecule has 0 N–H and O–H groups in total. The van der Waals surface area contributed by atoms with Gasteiger partial charge in [0.05, 0.1) is 24.4 Å². The Hall–Kier alpha value is -1.84. The third kappa shape index (κ3) is 2.48.